The molecule has 2 N–H and O–H groups in total. The fraction of sp³-hybridized carbons (Fsp3) is 0.812. The number of rotatable bonds is 6. The van der Waals surface area contributed by atoms with Crippen molar-refractivity contribution in [3.8, 4) is 0 Å². The molecule has 1 aliphatic rings. The van der Waals surface area contributed by atoms with Gasteiger partial charge < -0.3 is 10.1 Å². The summed E-state index contributed by atoms with van der Waals surface area (Å²) in [5.41, 5.74) is 0. The Bertz CT molecular complexity index is 390. The molecule has 0 heterocycles. The summed E-state index contributed by atoms with van der Waals surface area (Å²) in [6.45, 7) is 5.49. The summed E-state index contributed by atoms with van der Waals surface area (Å²) in [5, 5.41) is 5.02. The van der Waals surface area contributed by atoms with E-state index in [1.165, 1.54) is 13.3 Å². The van der Waals surface area contributed by atoms with Gasteiger partial charge in [0.15, 0.2) is 6.10 Å². The number of hydrogen-bond donors (Lipinski definition) is 2. The first-order valence-corrected chi connectivity index (χ1v) is 8.19. The average Bonchev–Trinajstić information content (AvgIpc) is 2.45. The third kappa shape index (κ3) is 7.43. The van der Waals surface area contributed by atoms with E-state index in [1.54, 1.807) is 0 Å². The van der Waals surface area contributed by atoms with Crippen molar-refractivity contribution >= 4 is 17.9 Å². The topological polar surface area (TPSA) is 84.5 Å². The Labute approximate surface area is 132 Å². The fourth-order valence-corrected chi connectivity index (χ4v) is 2.40. The van der Waals surface area contributed by atoms with Crippen molar-refractivity contribution in [1.29, 1.82) is 0 Å². The van der Waals surface area contributed by atoms with Crippen molar-refractivity contribution in [2.75, 3.05) is 0 Å². The maximum atomic E-state index is 11.8. The van der Waals surface area contributed by atoms with Crippen LogP contribution in [0.3, 0.4) is 0 Å². The lowest BCUT2D eigenvalue weighted by Gasteiger charge is -2.23. The number of carbonyl (C=O) groups is 3. The molecule has 0 spiro atoms. The third-order valence-corrected chi connectivity index (χ3v) is 3.78. The molecule has 6 nitrogen and oxygen atoms in total. The summed E-state index contributed by atoms with van der Waals surface area (Å²) in [6.07, 6.45) is 5.33. The van der Waals surface area contributed by atoms with Gasteiger partial charge >= 0.3 is 12.0 Å². The van der Waals surface area contributed by atoms with E-state index in [1.807, 2.05) is 13.8 Å². The zero-order valence-electron chi connectivity index (χ0n) is 13.8. The number of amides is 3. The predicted molar refractivity (Wildman–Crippen MR) is 83.2 cm³/mol. The van der Waals surface area contributed by atoms with Crippen molar-refractivity contribution in [3.05, 3.63) is 0 Å². The number of carbonyl (C=O) groups excluding carboxylic acids is 3. The van der Waals surface area contributed by atoms with E-state index in [-0.39, 0.29) is 12.5 Å². The number of esters is 1. The predicted octanol–water partition coefficient (Wildman–Crippen LogP) is 2.51. The number of ether oxygens (including phenoxy) is 1. The fourth-order valence-electron chi connectivity index (χ4n) is 2.40. The summed E-state index contributed by atoms with van der Waals surface area (Å²) in [4.78, 5) is 35.1. The maximum Gasteiger partial charge on any atom is 0.321 e. The Kier molecular flexibility index (Phi) is 7.91. The molecule has 0 aromatic carbocycles. The second kappa shape index (κ2) is 9.43. The molecule has 0 aliphatic heterocycles. The van der Waals surface area contributed by atoms with Gasteiger partial charge in [-0.1, -0.05) is 33.1 Å². The zero-order chi connectivity index (χ0) is 16.5. The van der Waals surface area contributed by atoms with E-state index in [9.17, 15) is 14.4 Å². The molecule has 1 rings (SSSR count). The van der Waals surface area contributed by atoms with Gasteiger partial charge in [-0.25, -0.2) is 4.79 Å². The SMILES string of the molecule is CC(C)CCC(=O)O[C@H](C)C(=O)NC(=O)NC1CCCCC1. The standard InChI is InChI=1S/C16H28N2O4/c1-11(2)9-10-14(19)22-12(3)15(20)18-16(21)17-13-7-5-4-6-8-13/h11-13H,4-10H2,1-3H3,(H2,17,18,20,21)/t12-/m1/s1. The number of imide groups is 1. The lowest BCUT2D eigenvalue weighted by Crippen LogP contribution is -2.48. The second-order valence-corrected chi connectivity index (χ2v) is 6.36. The van der Waals surface area contributed by atoms with Gasteiger partial charge in [-0.2, -0.15) is 0 Å². The number of urea groups is 1. The highest BCUT2D eigenvalue weighted by Gasteiger charge is 2.22. The van der Waals surface area contributed by atoms with Gasteiger partial charge in [0.2, 0.25) is 0 Å². The van der Waals surface area contributed by atoms with Gasteiger partial charge in [0.05, 0.1) is 0 Å². The van der Waals surface area contributed by atoms with Crippen LogP contribution in [0.4, 0.5) is 4.79 Å². The molecule has 0 unspecified atom stereocenters. The van der Waals surface area contributed by atoms with E-state index in [4.69, 9.17) is 4.74 Å². The lowest BCUT2D eigenvalue weighted by molar-refractivity contribution is -0.154. The molecule has 0 radical (unpaired) electrons. The van der Waals surface area contributed by atoms with Gasteiger partial charge in [-0.05, 0) is 32.1 Å². The molecule has 126 valence electrons. The molecule has 1 saturated carbocycles. The molecule has 1 fully saturated rings. The average molecular weight is 312 g/mol. The van der Waals surface area contributed by atoms with Crippen molar-refractivity contribution in [1.82, 2.24) is 10.6 Å². The molecular formula is C16H28N2O4. The summed E-state index contributed by atoms with van der Waals surface area (Å²) >= 11 is 0. The van der Waals surface area contributed by atoms with Crippen LogP contribution in [0.15, 0.2) is 0 Å². The van der Waals surface area contributed by atoms with E-state index in [2.05, 4.69) is 10.6 Å². The maximum absolute atomic E-state index is 11.8. The first-order chi connectivity index (χ1) is 10.4. The molecule has 0 aromatic heterocycles. The Morgan fingerprint density at radius 3 is 2.32 bits per heavy atom. The zero-order valence-corrected chi connectivity index (χ0v) is 13.8. The normalized spacial score (nSPS) is 16.9. The van der Waals surface area contributed by atoms with Crippen molar-refractivity contribution in [2.45, 2.75) is 77.9 Å². The molecule has 0 bridgehead atoms. The quantitative estimate of drug-likeness (QED) is 0.738. The highest BCUT2D eigenvalue weighted by Crippen LogP contribution is 2.17. The molecule has 0 aromatic rings. The number of nitrogens with one attached hydrogen (secondary N) is 2. The minimum absolute atomic E-state index is 0.130. The van der Waals surface area contributed by atoms with Crippen LogP contribution in [0.25, 0.3) is 0 Å². The van der Waals surface area contributed by atoms with Gasteiger partial charge in [0.1, 0.15) is 0 Å². The Balaban J connectivity index is 2.27. The van der Waals surface area contributed by atoms with Crippen molar-refractivity contribution < 1.29 is 19.1 Å². The van der Waals surface area contributed by atoms with Crippen molar-refractivity contribution in [3.63, 3.8) is 0 Å². The van der Waals surface area contributed by atoms with E-state index < -0.39 is 24.0 Å². The largest absolute Gasteiger partial charge is 0.453 e. The highest BCUT2D eigenvalue weighted by molar-refractivity contribution is 5.97. The first-order valence-electron chi connectivity index (χ1n) is 8.19. The molecule has 22 heavy (non-hydrogen) atoms. The number of hydrogen-bond acceptors (Lipinski definition) is 4. The highest BCUT2D eigenvalue weighted by atomic mass is 16.5. The van der Waals surface area contributed by atoms with Gasteiger partial charge in [-0.3, -0.25) is 14.9 Å². The molecular weight excluding hydrogens is 284 g/mol. The van der Waals surface area contributed by atoms with Crippen LogP contribution in [0.2, 0.25) is 0 Å². The van der Waals surface area contributed by atoms with Crippen LogP contribution in [-0.4, -0.2) is 30.1 Å². The van der Waals surface area contributed by atoms with Crippen LogP contribution in [0.1, 0.15) is 65.7 Å². The molecule has 0 saturated heterocycles. The van der Waals surface area contributed by atoms with E-state index in [0.717, 1.165) is 32.1 Å². The second-order valence-electron chi connectivity index (χ2n) is 6.36. The Hall–Kier alpha value is -1.59. The van der Waals surface area contributed by atoms with E-state index >= 15 is 0 Å². The van der Waals surface area contributed by atoms with Gasteiger partial charge in [0, 0.05) is 12.5 Å². The van der Waals surface area contributed by atoms with Crippen LogP contribution in [0, 0.1) is 5.92 Å². The third-order valence-electron chi connectivity index (χ3n) is 3.78. The Morgan fingerprint density at radius 2 is 1.73 bits per heavy atom. The smallest absolute Gasteiger partial charge is 0.321 e. The molecule has 1 atom stereocenters. The lowest BCUT2D eigenvalue weighted by atomic mass is 9.96. The van der Waals surface area contributed by atoms with Crippen LogP contribution in [0.5, 0.6) is 0 Å². The summed E-state index contributed by atoms with van der Waals surface area (Å²) in [7, 11) is 0. The molecule has 3 amide bonds. The van der Waals surface area contributed by atoms with Crippen LogP contribution in [-0.2, 0) is 14.3 Å². The minimum atomic E-state index is -0.961. The van der Waals surface area contributed by atoms with Crippen molar-refractivity contribution in [2.24, 2.45) is 5.92 Å². The van der Waals surface area contributed by atoms with Crippen LogP contribution < -0.4 is 10.6 Å². The summed E-state index contributed by atoms with van der Waals surface area (Å²) in [5.74, 6) is -0.604. The summed E-state index contributed by atoms with van der Waals surface area (Å²) in [6, 6.07) is -0.382. The molecule has 1 aliphatic carbocycles. The van der Waals surface area contributed by atoms with Gasteiger partial charge in [-0.15, -0.1) is 0 Å². The monoisotopic (exact) mass is 312 g/mol. The summed E-state index contributed by atoms with van der Waals surface area (Å²) < 4.78 is 5.02. The Morgan fingerprint density at radius 1 is 1.09 bits per heavy atom. The first kappa shape index (κ1) is 18.5. The van der Waals surface area contributed by atoms with E-state index in [0.29, 0.717) is 5.92 Å². The van der Waals surface area contributed by atoms with Crippen LogP contribution >= 0.6 is 0 Å². The van der Waals surface area contributed by atoms with Gasteiger partial charge in [0.25, 0.3) is 5.91 Å². The molecule has 6 heteroatoms. The minimum Gasteiger partial charge on any atom is -0.453 e.